The van der Waals surface area contributed by atoms with E-state index in [4.69, 9.17) is 5.73 Å². The van der Waals surface area contributed by atoms with Gasteiger partial charge >= 0.3 is 6.18 Å². The molecular formula is C16H19F3N4O. The second kappa shape index (κ2) is 7.04. The summed E-state index contributed by atoms with van der Waals surface area (Å²) in [7, 11) is 0. The van der Waals surface area contributed by atoms with Gasteiger partial charge in [-0.1, -0.05) is 13.0 Å². The summed E-state index contributed by atoms with van der Waals surface area (Å²) in [5.74, 6) is -0.196. The molecule has 1 aromatic carbocycles. The van der Waals surface area contributed by atoms with Crippen LogP contribution in [0.25, 0.3) is 5.69 Å². The fourth-order valence-electron chi connectivity index (χ4n) is 2.15. The zero-order valence-corrected chi connectivity index (χ0v) is 13.4. The first-order valence-electron chi connectivity index (χ1n) is 7.44. The Hall–Kier alpha value is -2.35. The molecule has 0 aliphatic carbocycles. The number of hydrogen-bond donors (Lipinski definition) is 2. The summed E-state index contributed by atoms with van der Waals surface area (Å²) < 4.78 is 39.8. The van der Waals surface area contributed by atoms with Crippen molar-refractivity contribution < 1.29 is 18.0 Å². The maximum atomic E-state index is 12.8. The summed E-state index contributed by atoms with van der Waals surface area (Å²) in [4.78, 5) is 12.2. The fraction of sp³-hybridized carbons (Fsp3) is 0.375. The van der Waals surface area contributed by atoms with Crippen LogP contribution in [0.1, 0.15) is 28.5 Å². The van der Waals surface area contributed by atoms with E-state index in [1.165, 1.54) is 23.0 Å². The van der Waals surface area contributed by atoms with Crippen molar-refractivity contribution in [1.29, 1.82) is 0 Å². The zero-order valence-electron chi connectivity index (χ0n) is 13.4. The van der Waals surface area contributed by atoms with Crippen LogP contribution < -0.4 is 11.1 Å². The Morgan fingerprint density at radius 3 is 2.75 bits per heavy atom. The van der Waals surface area contributed by atoms with Crippen LogP contribution in [0, 0.1) is 12.8 Å². The minimum absolute atomic E-state index is 0.132. The molecule has 1 atom stereocenters. The van der Waals surface area contributed by atoms with Gasteiger partial charge in [-0.05, 0) is 37.6 Å². The van der Waals surface area contributed by atoms with E-state index in [1.807, 2.05) is 6.92 Å². The van der Waals surface area contributed by atoms with Crippen molar-refractivity contribution in [2.24, 2.45) is 11.7 Å². The van der Waals surface area contributed by atoms with Crippen LogP contribution in [0.2, 0.25) is 0 Å². The topological polar surface area (TPSA) is 72.9 Å². The van der Waals surface area contributed by atoms with E-state index in [1.54, 1.807) is 6.92 Å². The maximum Gasteiger partial charge on any atom is 0.416 e. The first-order chi connectivity index (χ1) is 11.2. The number of halogens is 3. The van der Waals surface area contributed by atoms with E-state index in [2.05, 4.69) is 10.4 Å². The number of aromatic nitrogens is 2. The number of carbonyl (C=O) groups excluding carboxylic acids is 1. The maximum absolute atomic E-state index is 12.8. The smallest absolute Gasteiger partial charge is 0.352 e. The second-order valence-electron chi connectivity index (χ2n) is 5.65. The molecule has 0 radical (unpaired) electrons. The Kier molecular flexibility index (Phi) is 5.28. The molecule has 3 N–H and O–H groups in total. The summed E-state index contributed by atoms with van der Waals surface area (Å²) in [6, 6.07) is 4.80. The van der Waals surface area contributed by atoms with Crippen molar-refractivity contribution in [3.05, 3.63) is 47.3 Å². The van der Waals surface area contributed by atoms with Gasteiger partial charge in [0, 0.05) is 6.54 Å². The van der Waals surface area contributed by atoms with Gasteiger partial charge in [-0.15, -0.1) is 0 Å². The number of carbonyl (C=O) groups is 1. The normalized spacial score (nSPS) is 12.9. The molecule has 2 rings (SSSR count). The van der Waals surface area contributed by atoms with Crippen molar-refractivity contribution in [1.82, 2.24) is 15.1 Å². The molecule has 0 saturated carbocycles. The van der Waals surface area contributed by atoms with Crippen LogP contribution in [0.5, 0.6) is 0 Å². The third-order valence-corrected chi connectivity index (χ3v) is 3.69. The number of hydrogen-bond acceptors (Lipinski definition) is 3. The lowest BCUT2D eigenvalue weighted by molar-refractivity contribution is -0.137. The van der Waals surface area contributed by atoms with Crippen LogP contribution in [0.3, 0.4) is 0 Å². The van der Waals surface area contributed by atoms with Gasteiger partial charge in [-0.3, -0.25) is 4.79 Å². The van der Waals surface area contributed by atoms with Gasteiger partial charge in [0.05, 0.1) is 28.7 Å². The third kappa shape index (κ3) is 3.94. The average Bonchev–Trinajstić information content (AvgIpc) is 2.93. The lowest BCUT2D eigenvalue weighted by Crippen LogP contribution is -2.31. The first-order valence-corrected chi connectivity index (χ1v) is 7.44. The molecule has 130 valence electrons. The minimum Gasteiger partial charge on any atom is -0.352 e. The lowest BCUT2D eigenvalue weighted by Gasteiger charge is -2.11. The van der Waals surface area contributed by atoms with Gasteiger partial charge < -0.3 is 11.1 Å². The Balaban J connectivity index is 2.25. The van der Waals surface area contributed by atoms with Crippen molar-refractivity contribution in [2.45, 2.75) is 20.0 Å². The van der Waals surface area contributed by atoms with Crippen LogP contribution >= 0.6 is 0 Å². The van der Waals surface area contributed by atoms with Crippen LogP contribution in [-0.2, 0) is 6.18 Å². The highest BCUT2D eigenvalue weighted by atomic mass is 19.4. The molecular weight excluding hydrogens is 321 g/mol. The largest absolute Gasteiger partial charge is 0.416 e. The average molecular weight is 340 g/mol. The van der Waals surface area contributed by atoms with Gasteiger partial charge in [0.2, 0.25) is 0 Å². The molecule has 1 unspecified atom stereocenters. The van der Waals surface area contributed by atoms with Crippen molar-refractivity contribution in [3.8, 4) is 5.69 Å². The predicted molar refractivity (Wildman–Crippen MR) is 83.9 cm³/mol. The SMILES string of the molecule is Cc1c(C(=O)NCC(C)CN)cnn1-c1cccc(C(F)(F)F)c1. The fourth-order valence-corrected chi connectivity index (χ4v) is 2.15. The van der Waals surface area contributed by atoms with Gasteiger partial charge in [-0.25, -0.2) is 4.68 Å². The number of alkyl halides is 3. The molecule has 1 heterocycles. The molecule has 0 spiro atoms. The molecule has 1 amide bonds. The van der Waals surface area contributed by atoms with Gasteiger partial charge in [0.25, 0.3) is 5.91 Å². The van der Waals surface area contributed by atoms with E-state index in [9.17, 15) is 18.0 Å². The zero-order chi connectivity index (χ0) is 17.9. The number of nitrogens with two attached hydrogens (primary N) is 1. The standard InChI is InChI=1S/C16H19F3N4O/c1-10(7-20)8-21-15(24)14-9-22-23(11(14)2)13-5-3-4-12(6-13)16(17,18)19/h3-6,9-10H,7-8,20H2,1-2H3,(H,21,24). The van der Waals surface area contributed by atoms with E-state index in [-0.39, 0.29) is 17.5 Å². The Morgan fingerprint density at radius 1 is 1.42 bits per heavy atom. The van der Waals surface area contributed by atoms with Gasteiger partial charge in [0.1, 0.15) is 0 Å². The first kappa shape index (κ1) is 18.0. The minimum atomic E-state index is -4.43. The molecule has 0 fully saturated rings. The number of nitrogens with one attached hydrogen (secondary N) is 1. The summed E-state index contributed by atoms with van der Waals surface area (Å²) in [6.45, 7) is 4.40. The van der Waals surface area contributed by atoms with Crippen molar-refractivity contribution >= 4 is 5.91 Å². The van der Waals surface area contributed by atoms with Gasteiger partial charge in [-0.2, -0.15) is 18.3 Å². The van der Waals surface area contributed by atoms with Crippen LogP contribution in [0.15, 0.2) is 30.5 Å². The quantitative estimate of drug-likeness (QED) is 0.878. The van der Waals surface area contributed by atoms with Gasteiger partial charge in [0.15, 0.2) is 0 Å². The van der Waals surface area contributed by atoms with Crippen LogP contribution in [0.4, 0.5) is 13.2 Å². The molecule has 2 aromatic rings. The molecule has 0 bridgehead atoms. The number of amides is 1. The molecule has 0 aliphatic rings. The summed E-state index contributed by atoms with van der Waals surface area (Å²) >= 11 is 0. The molecule has 24 heavy (non-hydrogen) atoms. The van der Waals surface area contributed by atoms with E-state index >= 15 is 0 Å². The van der Waals surface area contributed by atoms with E-state index in [0.29, 0.717) is 24.3 Å². The number of nitrogens with zero attached hydrogens (tertiary/aromatic N) is 2. The van der Waals surface area contributed by atoms with E-state index < -0.39 is 11.7 Å². The summed E-state index contributed by atoms with van der Waals surface area (Å²) in [5, 5.41) is 6.78. The lowest BCUT2D eigenvalue weighted by atomic mass is 10.1. The summed E-state index contributed by atoms with van der Waals surface area (Å²) in [5.41, 5.74) is 5.76. The highest BCUT2D eigenvalue weighted by Gasteiger charge is 2.30. The van der Waals surface area contributed by atoms with Crippen molar-refractivity contribution in [2.75, 3.05) is 13.1 Å². The molecule has 8 heteroatoms. The summed E-state index contributed by atoms with van der Waals surface area (Å²) in [6.07, 6.45) is -3.09. The Morgan fingerprint density at radius 2 is 2.12 bits per heavy atom. The Bertz CT molecular complexity index is 724. The molecule has 5 nitrogen and oxygen atoms in total. The van der Waals surface area contributed by atoms with Crippen LogP contribution in [-0.4, -0.2) is 28.8 Å². The monoisotopic (exact) mass is 340 g/mol. The molecule has 0 aliphatic heterocycles. The van der Waals surface area contributed by atoms with Crippen molar-refractivity contribution in [3.63, 3.8) is 0 Å². The highest BCUT2D eigenvalue weighted by Crippen LogP contribution is 2.30. The molecule has 1 aromatic heterocycles. The number of rotatable bonds is 5. The second-order valence-corrected chi connectivity index (χ2v) is 5.65. The number of benzene rings is 1. The predicted octanol–water partition coefficient (Wildman–Crippen LogP) is 2.52. The third-order valence-electron chi connectivity index (χ3n) is 3.69. The highest BCUT2D eigenvalue weighted by molar-refractivity contribution is 5.95. The Labute approximate surface area is 137 Å². The van der Waals surface area contributed by atoms with E-state index in [0.717, 1.165) is 12.1 Å². The molecule has 0 saturated heterocycles.